The number of quaternary nitrogens is 1. The molecule has 0 rings (SSSR count). The summed E-state index contributed by atoms with van der Waals surface area (Å²) < 4.78 is 23.5. The monoisotopic (exact) mass is 804 g/mol. The molecule has 3 atom stereocenters. The molecule has 1 amide bonds. The van der Waals surface area contributed by atoms with Gasteiger partial charge in [-0.2, -0.15) is 0 Å². The van der Waals surface area contributed by atoms with E-state index in [2.05, 4.69) is 92.1 Å². The molecule has 322 valence electrons. The number of phosphoric ester groups is 1. The van der Waals surface area contributed by atoms with Crippen LogP contribution in [0.5, 0.6) is 0 Å². The molecule has 0 fully saturated rings. The van der Waals surface area contributed by atoms with E-state index in [0.717, 1.165) is 83.5 Å². The van der Waals surface area contributed by atoms with Gasteiger partial charge in [-0.25, -0.2) is 4.57 Å². The molecule has 3 N–H and O–H groups in total. The highest BCUT2D eigenvalue weighted by atomic mass is 31.2. The SMILES string of the molecule is CC/C=C\C/C=C\C/C=C\C/C=C\CCCCCCCCCCCCC(=O)NC(COP(=O)(O)OCC[N+](C)(C)C)C(O)/C=C/CC/C=C/CC/C=C/CCC. The lowest BCUT2D eigenvalue weighted by Crippen LogP contribution is -2.45. The molecule has 0 spiro atoms. The van der Waals surface area contributed by atoms with E-state index in [9.17, 15) is 19.4 Å². The maximum atomic E-state index is 12.8. The Kier molecular flexibility index (Phi) is 36.6. The molecule has 0 heterocycles. The number of nitrogens with zero attached hydrogens (tertiary/aromatic N) is 1. The first kappa shape index (κ1) is 53.7. The van der Waals surface area contributed by atoms with Crippen molar-refractivity contribution in [3.8, 4) is 0 Å². The van der Waals surface area contributed by atoms with E-state index in [1.165, 1.54) is 51.4 Å². The topological polar surface area (TPSA) is 105 Å². The molecular weight excluding hydrogens is 719 g/mol. The van der Waals surface area contributed by atoms with E-state index in [4.69, 9.17) is 9.05 Å². The summed E-state index contributed by atoms with van der Waals surface area (Å²) in [6.07, 6.45) is 52.3. The van der Waals surface area contributed by atoms with Crippen molar-refractivity contribution in [1.82, 2.24) is 5.32 Å². The first-order chi connectivity index (χ1) is 27.0. The Morgan fingerprint density at radius 3 is 1.62 bits per heavy atom. The van der Waals surface area contributed by atoms with E-state index in [0.29, 0.717) is 17.4 Å². The third-order valence-electron chi connectivity index (χ3n) is 9.06. The fourth-order valence-corrected chi connectivity index (χ4v) is 6.33. The summed E-state index contributed by atoms with van der Waals surface area (Å²) in [5, 5.41) is 13.7. The first-order valence-corrected chi connectivity index (χ1v) is 23.5. The number of hydrogen-bond donors (Lipinski definition) is 3. The third kappa shape index (κ3) is 39.9. The van der Waals surface area contributed by atoms with Crippen LogP contribution in [0.1, 0.15) is 155 Å². The molecule has 0 aromatic heterocycles. The highest BCUT2D eigenvalue weighted by molar-refractivity contribution is 7.47. The van der Waals surface area contributed by atoms with Crippen LogP contribution >= 0.6 is 7.82 Å². The largest absolute Gasteiger partial charge is 0.472 e. The lowest BCUT2D eigenvalue weighted by atomic mass is 10.0. The molecule has 0 aromatic carbocycles. The normalized spacial score (nSPS) is 15.2. The van der Waals surface area contributed by atoms with Crippen molar-refractivity contribution in [2.24, 2.45) is 0 Å². The predicted octanol–water partition coefficient (Wildman–Crippen LogP) is 12.2. The van der Waals surface area contributed by atoms with Gasteiger partial charge in [0, 0.05) is 6.42 Å². The van der Waals surface area contributed by atoms with Crippen LogP contribution in [0.4, 0.5) is 0 Å². The fourth-order valence-electron chi connectivity index (χ4n) is 5.60. The van der Waals surface area contributed by atoms with Crippen molar-refractivity contribution in [2.75, 3.05) is 40.9 Å². The average molecular weight is 804 g/mol. The second-order valence-electron chi connectivity index (χ2n) is 15.7. The molecule has 8 nitrogen and oxygen atoms in total. The van der Waals surface area contributed by atoms with Crippen molar-refractivity contribution in [3.05, 3.63) is 85.1 Å². The Bertz CT molecular complexity index is 1180. The summed E-state index contributed by atoms with van der Waals surface area (Å²) in [5.74, 6) is -0.203. The Morgan fingerprint density at radius 2 is 1.09 bits per heavy atom. The van der Waals surface area contributed by atoms with Gasteiger partial charge < -0.3 is 19.8 Å². The van der Waals surface area contributed by atoms with Crippen LogP contribution in [-0.4, -0.2) is 73.4 Å². The van der Waals surface area contributed by atoms with Gasteiger partial charge in [-0.05, 0) is 77.0 Å². The van der Waals surface area contributed by atoms with E-state index in [1.54, 1.807) is 6.08 Å². The molecule has 0 aliphatic carbocycles. The van der Waals surface area contributed by atoms with Crippen molar-refractivity contribution >= 4 is 13.7 Å². The minimum absolute atomic E-state index is 0.0482. The Morgan fingerprint density at radius 1 is 0.625 bits per heavy atom. The molecule has 3 unspecified atom stereocenters. The zero-order chi connectivity index (χ0) is 41.4. The Balaban J connectivity index is 4.36. The Hall–Kier alpha value is -2.32. The number of allylic oxidation sites excluding steroid dienone is 13. The molecule has 0 saturated heterocycles. The van der Waals surface area contributed by atoms with E-state index < -0.39 is 20.0 Å². The van der Waals surface area contributed by atoms with Gasteiger partial charge in [0.25, 0.3) is 0 Å². The van der Waals surface area contributed by atoms with Crippen molar-refractivity contribution in [3.63, 3.8) is 0 Å². The maximum absolute atomic E-state index is 12.8. The van der Waals surface area contributed by atoms with E-state index in [1.807, 2.05) is 27.2 Å². The first-order valence-electron chi connectivity index (χ1n) is 22.0. The van der Waals surface area contributed by atoms with Crippen LogP contribution in [0, 0.1) is 0 Å². The van der Waals surface area contributed by atoms with Crippen LogP contribution in [-0.2, 0) is 18.4 Å². The number of likely N-dealkylation sites (N-methyl/N-ethyl adjacent to an activating group) is 1. The summed E-state index contributed by atoms with van der Waals surface area (Å²) in [6, 6.07) is -0.874. The molecule has 0 saturated carbocycles. The molecule has 56 heavy (non-hydrogen) atoms. The van der Waals surface area contributed by atoms with Gasteiger partial charge in [0.15, 0.2) is 0 Å². The van der Waals surface area contributed by atoms with Gasteiger partial charge in [0.2, 0.25) is 5.91 Å². The highest BCUT2D eigenvalue weighted by Crippen LogP contribution is 2.43. The number of carbonyl (C=O) groups excluding carboxylic acids is 1. The number of rotatable bonds is 38. The maximum Gasteiger partial charge on any atom is 0.472 e. The molecule has 9 heteroatoms. The minimum Gasteiger partial charge on any atom is -0.387 e. The summed E-state index contributed by atoms with van der Waals surface area (Å²) in [5.41, 5.74) is 0. The highest BCUT2D eigenvalue weighted by Gasteiger charge is 2.27. The van der Waals surface area contributed by atoms with Crippen LogP contribution in [0.2, 0.25) is 0 Å². The van der Waals surface area contributed by atoms with E-state index in [-0.39, 0.29) is 19.1 Å². The number of amides is 1. The predicted molar refractivity (Wildman–Crippen MR) is 239 cm³/mol. The zero-order valence-electron chi connectivity index (χ0n) is 36.3. The standard InChI is InChI=1S/C47H83N2O6P/c1-6-8-10-12-14-16-18-19-20-21-22-23-24-25-26-27-28-29-31-33-35-37-39-41-47(51)48-45(44-55-56(52,53)54-43-42-49(3,4)5)46(50)40-38-36-34-32-30-17-15-13-11-9-7-2/h8,10-11,13-14,16,19-20,22-23,30,32,38,40,45-46,50H,6-7,9,12,15,17-18,21,24-29,31,33-37,39,41-44H2,1-5H3,(H-,48,51,52,53)/p+1/b10-8-,13-11+,16-14-,20-19-,23-22-,32-30+,40-38+. The summed E-state index contributed by atoms with van der Waals surface area (Å²) in [6.45, 7) is 4.56. The third-order valence-corrected chi connectivity index (χ3v) is 10.0. The van der Waals surface area contributed by atoms with Gasteiger partial charge in [-0.3, -0.25) is 13.8 Å². The van der Waals surface area contributed by atoms with Crippen LogP contribution < -0.4 is 5.32 Å². The van der Waals surface area contributed by atoms with Gasteiger partial charge in [-0.15, -0.1) is 0 Å². The molecule has 0 aliphatic heterocycles. The number of unbranched alkanes of at least 4 members (excludes halogenated alkanes) is 13. The van der Waals surface area contributed by atoms with E-state index >= 15 is 0 Å². The van der Waals surface area contributed by atoms with Crippen molar-refractivity contribution in [2.45, 2.75) is 167 Å². The van der Waals surface area contributed by atoms with Crippen molar-refractivity contribution < 1.29 is 32.9 Å². The second-order valence-corrected chi connectivity index (χ2v) is 17.1. The summed E-state index contributed by atoms with van der Waals surface area (Å²) >= 11 is 0. The number of hydrogen-bond acceptors (Lipinski definition) is 5. The summed E-state index contributed by atoms with van der Waals surface area (Å²) in [7, 11) is 1.53. The smallest absolute Gasteiger partial charge is 0.387 e. The van der Waals surface area contributed by atoms with Crippen molar-refractivity contribution in [1.29, 1.82) is 0 Å². The quantitative estimate of drug-likeness (QED) is 0.0248. The number of phosphoric acid groups is 1. The minimum atomic E-state index is -4.35. The zero-order valence-corrected chi connectivity index (χ0v) is 37.2. The van der Waals surface area contributed by atoms with Crippen LogP contribution in [0.3, 0.4) is 0 Å². The lowest BCUT2D eigenvalue weighted by molar-refractivity contribution is -0.870. The molecular formula is C47H84N2O6P+. The van der Waals surface area contributed by atoms with Crippen LogP contribution in [0.15, 0.2) is 85.1 Å². The summed E-state index contributed by atoms with van der Waals surface area (Å²) in [4.78, 5) is 23.1. The van der Waals surface area contributed by atoms with Gasteiger partial charge in [0.05, 0.1) is 39.9 Å². The van der Waals surface area contributed by atoms with Crippen LogP contribution in [0.25, 0.3) is 0 Å². The molecule has 0 radical (unpaired) electrons. The molecule has 0 aliphatic rings. The number of aliphatic hydroxyl groups is 1. The number of aliphatic hydroxyl groups excluding tert-OH is 1. The second kappa shape index (κ2) is 38.2. The fraction of sp³-hybridized carbons (Fsp3) is 0.681. The lowest BCUT2D eigenvalue weighted by Gasteiger charge is -2.25. The average Bonchev–Trinajstić information content (AvgIpc) is 3.15. The number of carbonyl (C=O) groups is 1. The van der Waals surface area contributed by atoms with Gasteiger partial charge >= 0.3 is 7.82 Å². The molecule has 0 aromatic rings. The van der Waals surface area contributed by atoms with Gasteiger partial charge in [-0.1, -0.05) is 157 Å². The number of nitrogens with one attached hydrogen (secondary N) is 1. The van der Waals surface area contributed by atoms with Gasteiger partial charge in [0.1, 0.15) is 13.2 Å². The molecule has 0 bridgehead atoms. The Labute approximate surface area is 344 Å².